The molecule has 4 heteroatoms. The molecule has 2 heterocycles. The lowest BCUT2D eigenvalue weighted by molar-refractivity contribution is 0.432. The van der Waals surface area contributed by atoms with Gasteiger partial charge in [0.05, 0.1) is 0 Å². The van der Waals surface area contributed by atoms with E-state index in [1.165, 1.54) is 12.1 Å². The van der Waals surface area contributed by atoms with Gasteiger partial charge in [-0.05, 0) is 25.0 Å². The van der Waals surface area contributed by atoms with E-state index in [9.17, 15) is 4.39 Å². The molecule has 1 unspecified atom stereocenters. The second-order valence-electron chi connectivity index (χ2n) is 4.57. The van der Waals surface area contributed by atoms with Crippen LogP contribution in [0.2, 0.25) is 0 Å². The molecule has 0 radical (unpaired) electrons. The highest BCUT2D eigenvalue weighted by atomic mass is 19.1. The van der Waals surface area contributed by atoms with Gasteiger partial charge in [0.1, 0.15) is 11.6 Å². The Morgan fingerprint density at radius 3 is 3.06 bits per heavy atom. The van der Waals surface area contributed by atoms with E-state index in [0.29, 0.717) is 11.7 Å². The summed E-state index contributed by atoms with van der Waals surface area (Å²) in [6, 6.07) is 6.44. The Morgan fingerprint density at radius 1 is 1.41 bits per heavy atom. The second kappa shape index (κ2) is 3.95. The fourth-order valence-electron chi connectivity index (χ4n) is 2.31. The lowest BCUT2D eigenvalue weighted by Gasteiger charge is -2.17. The topological polar surface area (TPSA) is 30.7 Å². The van der Waals surface area contributed by atoms with Crippen LogP contribution in [0.4, 0.5) is 4.39 Å². The molecule has 1 aliphatic heterocycles. The first kappa shape index (κ1) is 10.4. The molecule has 1 aromatic heterocycles. The third kappa shape index (κ3) is 1.84. The van der Waals surface area contributed by atoms with Crippen molar-refractivity contribution in [2.45, 2.75) is 32.2 Å². The molecule has 1 aliphatic rings. The van der Waals surface area contributed by atoms with Gasteiger partial charge >= 0.3 is 0 Å². The molecular weight excluding hydrogens is 217 g/mol. The summed E-state index contributed by atoms with van der Waals surface area (Å²) in [6.07, 6.45) is 2.29. The molecule has 0 N–H and O–H groups in total. The van der Waals surface area contributed by atoms with Crippen molar-refractivity contribution in [3.8, 4) is 11.4 Å². The van der Waals surface area contributed by atoms with E-state index in [1.54, 1.807) is 6.07 Å². The third-order valence-electron chi connectivity index (χ3n) is 3.23. The van der Waals surface area contributed by atoms with Crippen molar-refractivity contribution in [1.82, 2.24) is 14.8 Å². The normalized spacial score (nSPS) is 19.1. The SMILES string of the molecule is CC1CCCn2nc(-c3cccc(F)c3)nc21. The molecular formula is C13H14FN3. The van der Waals surface area contributed by atoms with Crippen molar-refractivity contribution in [3.05, 3.63) is 35.9 Å². The molecule has 0 aliphatic carbocycles. The van der Waals surface area contributed by atoms with Crippen molar-refractivity contribution in [2.75, 3.05) is 0 Å². The van der Waals surface area contributed by atoms with Gasteiger partial charge in [-0.3, -0.25) is 0 Å². The molecule has 0 bridgehead atoms. The highest BCUT2D eigenvalue weighted by molar-refractivity contribution is 5.54. The molecule has 3 rings (SSSR count). The van der Waals surface area contributed by atoms with Gasteiger partial charge < -0.3 is 0 Å². The molecule has 0 saturated carbocycles. The highest BCUT2D eigenvalue weighted by Crippen LogP contribution is 2.27. The van der Waals surface area contributed by atoms with Gasteiger partial charge in [-0.1, -0.05) is 19.1 Å². The Bertz CT molecular complexity index is 547. The minimum absolute atomic E-state index is 0.247. The summed E-state index contributed by atoms with van der Waals surface area (Å²) in [5.41, 5.74) is 0.749. The molecule has 0 amide bonds. The molecule has 1 aromatic carbocycles. The Hall–Kier alpha value is -1.71. The molecule has 0 saturated heterocycles. The van der Waals surface area contributed by atoms with Crippen LogP contribution in [0, 0.1) is 5.82 Å². The number of hydrogen-bond acceptors (Lipinski definition) is 2. The van der Waals surface area contributed by atoms with Crippen molar-refractivity contribution in [3.63, 3.8) is 0 Å². The van der Waals surface area contributed by atoms with E-state index in [1.807, 2.05) is 10.7 Å². The molecule has 0 spiro atoms. The summed E-state index contributed by atoms with van der Waals surface area (Å²) in [7, 11) is 0. The molecule has 17 heavy (non-hydrogen) atoms. The lowest BCUT2D eigenvalue weighted by atomic mass is 10.0. The van der Waals surface area contributed by atoms with Crippen LogP contribution in [0.15, 0.2) is 24.3 Å². The average molecular weight is 231 g/mol. The third-order valence-corrected chi connectivity index (χ3v) is 3.23. The highest BCUT2D eigenvalue weighted by Gasteiger charge is 2.21. The van der Waals surface area contributed by atoms with E-state index in [4.69, 9.17) is 0 Å². The lowest BCUT2D eigenvalue weighted by Crippen LogP contribution is -2.14. The van der Waals surface area contributed by atoms with Crippen LogP contribution >= 0.6 is 0 Å². The monoisotopic (exact) mass is 231 g/mol. The zero-order chi connectivity index (χ0) is 11.8. The first-order valence-corrected chi connectivity index (χ1v) is 5.95. The molecule has 1 atom stereocenters. The second-order valence-corrected chi connectivity index (χ2v) is 4.57. The number of nitrogens with zero attached hydrogens (tertiary/aromatic N) is 3. The van der Waals surface area contributed by atoms with E-state index in [-0.39, 0.29) is 5.82 Å². The maximum Gasteiger partial charge on any atom is 0.181 e. The smallest absolute Gasteiger partial charge is 0.181 e. The minimum atomic E-state index is -0.247. The van der Waals surface area contributed by atoms with Crippen molar-refractivity contribution in [1.29, 1.82) is 0 Å². The van der Waals surface area contributed by atoms with Gasteiger partial charge in [-0.25, -0.2) is 14.1 Å². The average Bonchev–Trinajstić information content (AvgIpc) is 2.74. The summed E-state index contributed by atoms with van der Waals surface area (Å²) in [6.45, 7) is 3.08. The number of halogens is 1. The predicted molar refractivity (Wildman–Crippen MR) is 63.1 cm³/mol. The van der Waals surface area contributed by atoms with E-state index >= 15 is 0 Å². The Kier molecular flexibility index (Phi) is 2.42. The van der Waals surface area contributed by atoms with Gasteiger partial charge in [0, 0.05) is 18.0 Å². The quantitative estimate of drug-likeness (QED) is 0.755. The van der Waals surface area contributed by atoms with Crippen molar-refractivity contribution < 1.29 is 4.39 Å². The van der Waals surface area contributed by atoms with Crippen LogP contribution < -0.4 is 0 Å². The van der Waals surface area contributed by atoms with Crippen molar-refractivity contribution in [2.24, 2.45) is 0 Å². The van der Waals surface area contributed by atoms with Gasteiger partial charge in [-0.15, -0.1) is 0 Å². The molecule has 88 valence electrons. The zero-order valence-corrected chi connectivity index (χ0v) is 9.73. The van der Waals surface area contributed by atoms with Crippen LogP contribution in [-0.4, -0.2) is 14.8 Å². The van der Waals surface area contributed by atoms with Crippen molar-refractivity contribution >= 4 is 0 Å². The van der Waals surface area contributed by atoms with Crippen LogP contribution in [-0.2, 0) is 6.54 Å². The first-order valence-electron chi connectivity index (χ1n) is 5.95. The van der Waals surface area contributed by atoms with Crippen LogP contribution in [0.25, 0.3) is 11.4 Å². The maximum atomic E-state index is 13.2. The summed E-state index contributed by atoms with van der Waals surface area (Å²) in [5.74, 6) is 1.85. The van der Waals surface area contributed by atoms with Gasteiger partial charge in [0.25, 0.3) is 0 Å². The van der Waals surface area contributed by atoms with E-state index in [0.717, 1.165) is 30.8 Å². The first-order chi connectivity index (χ1) is 8.24. The number of hydrogen-bond donors (Lipinski definition) is 0. The van der Waals surface area contributed by atoms with Crippen LogP contribution in [0.1, 0.15) is 31.5 Å². The number of aromatic nitrogens is 3. The van der Waals surface area contributed by atoms with Gasteiger partial charge in [0.15, 0.2) is 5.82 Å². The fraction of sp³-hybridized carbons (Fsp3) is 0.385. The Morgan fingerprint density at radius 2 is 2.29 bits per heavy atom. The van der Waals surface area contributed by atoms with Gasteiger partial charge in [-0.2, -0.15) is 5.10 Å². The molecule has 3 nitrogen and oxygen atoms in total. The van der Waals surface area contributed by atoms with E-state index < -0.39 is 0 Å². The summed E-state index contributed by atoms with van der Waals surface area (Å²) in [4.78, 5) is 4.53. The van der Waals surface area contributed by atoms with E-state index in [2.05, 4.69) is 17.0 Å². The largest absolute Gasteiger partial charge is 0.249 e. The minimum Gasteiger partial charge on any atom is -0.249 e. The van der Waals surface area contributed by atoms with Crippen LogP contribution in [0.5, 0.6) is 0 Å². The maximum absolute atomic E-state index is 13.2. The number of aryl methyl sites for hydroxylation is 1. The molecule has 0 fully saturated rings. The van der Waals surface area contributed by atoms with Crippen LogP contribution in [0.3, 0.4) is 0 Å². The van der Waals surface area contributed by atoms with Gasteiger partial charge in [0.2, 0.25) is 0 Å². The standard InChI is InChI=1S/C13H14FN3/c1-9-4-3-7-17-13(9)15-12(16-17)10-5-2-6-11(14)8-10/h2,5-6,8-9H,3-4,7H2,1H3. The Balaban J connectivity index is 2.05. The number of benzene rings is 1. The number of fused-ring (bicyclic) bond motifs is 1. The summed E-state index contributed by atoms with van der Waals surface area (Å²) in [5, 5.41) is 4.45. The fourth-order valence-corrected chi connectivity index (χ4v) is 2.31. The molecule has 2 aromatic rings. The number of rotatable bonds is 1. The predicted octanol–water partition coefficient (Wildman–Crippen LogP) is 2.98. The summed E-state index contributed by atoms with van der Waals surface area (Å²) < 4.78 is 15.1. The Labute approximate surface area is 99.3 Å². The summed E-state index contributed by atoms with van der Waals surface area (Å²) >= 11 is 0. The zero-order valence-electron chi connectivity index (χ0n) is 9.73.